The van der Waals surface area contributed by atoms with Gasteiger partial charge in [0.05, 0.1) is 23.7 Å². The van der Waals surface area contributed by atoms with E-state index >= 15 is 0 Å². The maximum Gasteiger partial charge on any atom is 0.241 e. The Bertz CT molecular complexity index is 755. The van der Waals surface area contributed by atoms with Gasteiger partial charge in [0.15, 0.2) is 0 Å². The summed E-state index contributed by atoms with van der Waals surface area (Å²) >= 11 is 0. The van der Waals surface area contributed by atoms with Gasteiger partial charge in [0.2, 0.25) is 15.9 Å². The van der Waals surface area contributed by atoms with Crippen LogP contribution in [-0.2, 0) is 21.4 Å². The van der Waals surface area contributed by atoms with E-state index in [1.54, 1.807) is 19.3 Å². The number of nitrogens with zero attached hydrogens (tertiary/aromatic N) is 1. The monoisotopic (exact) mass is 337 g/mol. The molecule has 1 aromatic carbocycles. The van der Waals surface area contributed by atoms with Crippen molar-refractivity contribution >= 4 is 21.6 Å². The highest BCUT2D eigenvalue weighted by atomic mass is 32.2. The van der Waals surface area contributed by atoms with Gasteiger partial charge in [0, 0.05) is 5.69 Å². The summed E-state index contributed by atoms with van der Waals surface area (Å²) in [5.41, 5.74) is 0.501. The number of sulfonamides is 1. The van der Waals surface area contributed by atoms with E-state index in [0.717, 1.165) is 5.76 Å². The van der Waals surface area contributed by atoms with Crippen LogP contribution < -0.4 is 10.5 Å². The first-order chi connectivity index (χ1) is 10.8. The number of anilines is 1. The number of likely N-dealkylation sites (N-methyl/N-ethyl adjacent to an activating group) is 1. The number of carbonyl (C=O) groups excluding carboxylic acids is 1. The second kappa shape index (κ2) is 6.95. The van der Waals surface area contributed by atoms with E-state index in [1.165, 1.54) is 24.3 Å². The zero-order chi connectivity index (χ0) is 17.0. The molecule has 23 heavy (non-hydrogen) atoms. The summed E-state index contributed by atoms with van der Waals surface area (Å²) in [6, 6.07) is 8.93. The summed E-state index contributed by atoms with van der Waals surface area (Å²) in [5, 5.41) is 7.76. The van der Waals surface area contributed by atoms with Crippen LogP contribution in [0.15, 0.2) is 52.0 Å². The maximum absolute atomic E-state index is 12.2. The lowest BCUT2D eigenvalue weighted by Gasteiger charge is -2.22. The average molecular weight is 337 g/mol. The van der Waals surface area contributed by atoms with Crippen molar-refractivity contribution < 1.29 is 17.6 Å². The van der Waals surface area contributed by atoms with E-state index in [-0.39, 0.29) is 10.8 Å². The molecule has 7 nitrogen and oxygen atoms in total. The molecule has 0 aliphatic rings. The Morgan fingerprint density at radius 1 is 1.30 bits per heavy atom. The molecule has 1 unspecified atom stereocenters. The van der Waals surface area contributed by atoms with Crippen LogP contribution in [0.2, 0.25) is 0 Å². The van der Waals surface area contributed by atoms with Crippen LogP contribution in [0, 0.1) is 0 Å². The number of rotatable bonds is 6. The molecular weight excluding hydrogens is 318 g/mol. The highest BCUT2D eigenvalue weighted by Crippen LogP contribution is 2.14. The molecule has 2 aromatic rings. The Morgan fingerprint density at radius 2 is 1.96 bits per heavy atom. The third kappa shape index (κ3) is 4.65. The molecule has 0 radical (unpaired) electrons. The fraction of sp³-hybridized carbons (Fsp3) is 0.267. The van der Waals surface area contributed by atoms with Crippen molar-refractivity contribution in [1.29, 1.82) is 0 Å². The van der Waals surface area contributed by atoms with Crippen LogP contribution in [-0.4, -0.2) is 32.3 Å². The first-order valence-electron chi connectivity index (χ1n) is 6.94. The number of benzene rings is 1. The lowest BCUT2D eigenvalue weighted by Crippen LogP contribution is -2.39. The van der Waals surface area contributed by atoms with Gasteiger partial charge in [-0.2, -0.15) is 0 Å². The number of furan rings is 1. The van der Waals surface area contributed by atoms with Gasteiger partial charge in [-0.15, -0.1) is 0 Å². The maximum atomic E-state index is 12.2. The SMILES string of the molecule is CC(C(=O)Nc1ccc(S(N)(=O)=O)cc1)N(C)Cc1ccco1. The summed E-state index contributed by atoms with van der Waals surface area (Å²) < 4.78 is 27.6. The van der Waals surface area contributed by atoms with Crippen molar-refractivity contribution in [2.45, 2.75) is 24.4 Å². The lowest BCUT2D eigenvalue weighted by atomic mass is 10.2. The molecule has 0 saturated heterocycles. The van der Waals surface area contributed by atoms with E-state index in [0.29, 0.717) is 12.2 Å². The van der Waals surface area contributed by atoms with Crippen LogP contribution in [0.25, 0.3) is 0 Å². The molecule has 2 rings (SSSR count). The predicted molar refractivity (Wildman–Crippen MR) is 86.1 cm³/mol. The van der Waals surface area contributed by atoms with E-state index in [9.17, 15) is 13.2 Å². The van der Waals surface area contributed by atoms with Gasteiger partial charge in [-0.1, -0.05) is 0 Å². The topological polar surface area (TPSA) is 106 Å². The van der Waals surface area contributed by atoms with Crippen molar-refractivity contribution in [3.8, 4) is 0 Å². The predicted octanol–water partition coefficient (Wildman–Crippen LogP) is 1.39. The minimum atomic E-state index is -3.74. The molecule has 3 N–H and O–H groups in total. The molecule has 0 spiro atoms. The molecule has 1 heterocycles. The second-order valence-electron chi connectivity index (χ2n) is 5.23. The zero-order valence-electron chi connectivity index (χ0n) is 12.9. The van der Waals surface area contributed by atoms with Gasteiger partial charge in [-0.05, 0) is 50.4 Å². The summed E-state index contributed by atoms with van der Waals surface area (Å²) in [6.45, 7) is 2.28. The Morgan fingerprint density at radius 3 is 2.48 bits per heavy atom. The molecule has 0 bridgehead atoms. The van der Waals surface area contributed by atoms with Crippen molar-refractivity contribution in [3.05, 3.63) is 48.4 Å². The molecule has 0 fully saturated rings. The summed E-state index contributed by atoms with van der Waals surface area (Å²) in [7, 11) is -1.92. The summed E-state index contributed by atoms with van der Waals surface area (Å²) in [6.07, 6.45) is 1.58. The fourth-order valence-corrected chi connectivity index (χ4v) is 2.48. The van der Waals surface area contributed by atoms with Gasteiger partial charge in [0.25, 0.3) is 0 Å². The van der Waals surface area contributed by atoms with E-state index in [1.807, 2.05) is 18.0 Å². The van der Waals surface area contributed by atoms with Gasteiger partial charge in [0.1, 0.15) is 5.76 Å². The van der Waals surface area contributed by atoms with Crippen molar-refractivity contribution in [3.63, 3.8) is 0 Å². The van der Waals surface area contributed by atoms with Crippen molar-refractivity contribution in [1.82, 2.24) is 4.90 Å². The van der Waals surface area contributed by atoms with Crippen LogP contribution in [0.3, 0.4) is 0 Å². The zero-order valence-corrected chi connectivity index (χ0v) is 13.7. The normalized spacial score (nSPS) is 13.0. The molecule has 1 aromatic heterocycles. The number of nitrogens with one attached hydrogen (secondary N) is 1. The largest absolute Gasteiger partial charge is 0.468 e. The number of primary sulfonamides is 1. The number of nitrogens with two attached hydrogens (primary N) is 1. The quantitative estimate of drug-likeness (QED) is 0.828. The van der Waals surface area contributed by atoms with Crippen LogP contribution in [0.4, 0.5) is 5.69 Å². The number of hydrogen-bond acceptors (Lipinski definition) is 5. The highest BCUT2D eigenvalue weighted by molar-refractivity contribution is 7.89. The third-order valence-corrected chi connectivity index (χ3v) is 4.41. The molecule has 1 amide bonds. The van der Waals surface area contributed by atoms with Gasteiger partial charge < -0.3 is 9.73 Å². The lowest BCUT2D eigenvalue weighted by molar-refractivity contribution is -0.120. The first kappa shape index (κ1) is 17.2. The first-order valence-corrected chi connectivity index (χ1v) is 8.48. The van der Waals surface area contributed by atoms with Gasteiger partial charge in [-0.3, -0.25) is 9.69 Å². The summed E-state index contributed by atoms with van der Waals surface area (Å²) in [4.78, 5) is 14.1. The Kier molecular flexibility index (Phi) is 5.19. The van der Waals surface area contributed by atoms with E-state index in [2.05, 4.69) is 5.32 Å². The molecule has 0 aliphatic heterocycles. The van der Waals surface area contributed by atoms with Crippen molar-refractivity contribution in [2.75, 3.05) is 12.4 Å². The van der Waals surface area contributed by atoms with Crippen LogP contribution in [0.5, 0.6) is 0 Å². The van der Waals surface area contributed by atoms with Gasteiger partial charge in [-0.25, -0.2) is 13.6 Å². The molecule has 1 atom stereocenters. The Balaban J connectivity index is 1.97. The third-order valence-electron chi connectivity index (χ3n) is 3.48. The van der Waals surface area contributed by atoms with E-state index < -0.39 is 16.1 Å². The average Bonchev–Trinajstić information content (AvgIpc) is 2.98. The number of amides is 1. The second-order valence-corrected chi connectivity index (χ2v) is 6.79. The minimum Gasteiger partial charge on any atom is -0.468 e. The highest BCUT2D eigenvalue weighted by Gasteiger charge is 2.19. The van der Waals surface area contributed by atoms with Crippen LogP contribution >= 0.6 is 0 Å². The minimum absolute atomic E-state index is 0.00140. The number of hydrogen-bond donors (Lipinski definition) is 2. The fourth-order valence-electron chi connectivity index (χ4n) is 1.96. The summed E-state index contributed by atoms with van der Waals surface area (Å²) in [5.74, 6) is 0.562. The standard InChI is InChI=1S/C15H19N3O4S/c1-11(18(2)10-13-4-3-9-22-13)15(19)17-12-5-7-14(8-6-12)23(16,20)21/h3-9,11H,10H2,1-2H3,(H,17,19)(H2,16,20,21). The smallest absolute Gasteiger partial charge is 0.241 e. The Labute approximate surface area is 135 Å². The molecule has 0 saturated carbocycles. The number of carbonyl (C=O) groups is 1. The Hall–Kier alpha value is -2.16. The molecule has 8 heteroatoms. The van der Waals surface area contributed by atoms with Crippen molar-refractivity contribution in [2.24, 2.45) is 5.14 Å². The molecular formula is C15H19N3O4S. The molecule has 124 valence electrons. The molecule has 0 aliphatic carbocycles. The van der Waals surface area contributed by atoms with Gasteiger partial charge >= 0.3 is 0 Å². The van der Waals surface area contributed by atoms with E-state index in [4.69, 9.17) is 9.56 Å². The van der Waals surface area contributed by atoms with Crippen LogP contribution in [0.1, 0.15) is 12.7 Å².